The van der Waals surface area contributed by atoms with Gasteiger partial charge in [-0.2, -0.15) is 0 Å². The Bertz CT molecular complexity index is 664. The first kappa shape index (κ1) is 16.7. The molecule has 124 valence electrons. The SMILES string of the molecule is CC[C@@H]1CN(c2nccc3c(Br)cccc23)CCN1CCOC. The molecule has 0 N–H and O–H groups in total. The molecule has 2 aromatic rings. The minimum Gasteiger partial charge on any atom is -0.383 e. The van der Waals surface area contributed by atoms with Crippen LogP contribution in [0.4, 0.5) is 5.82 Å². The quantitative estimate of drug-likeness (QED) is 0.796. The van der Waals surface area contributed by atoms with Crippen LogP contribution in [0.5, 0.6) is 0 Å². The van der Waals surface area contributed by atoms with Gasteiger partial charge in [-0.1, -0.05) is 35.0 Å². The van der Waals surface area contributed by atoms with Crippen molar-refractivity contribution in [2.45, 2.75) is 19.4 Å². The van der Waals surface area contributed by atoms with Crippen LogP contribution in [0.15, 0.2) is 34.9 Å². The minimum absolute atomic E-state index is 0.558. The van der Waals surface area contributed by atoms with Crippen LogP contribution in [0.25, 0.3) is 10.8 Å². The number of fused-ring (bicyclic) bond motifs is 1. The van der Waals surface area contributed by atoms with Gasteiger partial charge < -0.3 is 9.64 Å². The van der Waals surface area contributed by atoms with Gasteiger partial charge in [0, 0.05) is 60.8 Å². The number of halogens is 1. The lowest BCUT2D eigenvalue weighted by Crippen LogP contribution is -2.54. The summed E-state index contributed by atoms with van der Waals surface area (Å²) >= 11 is 3.65. The van der Waals surface area contributed by atoms with E-state index in [0.29, 0.717) is 6.04 Å². The highest BCUT2D eigenvalue weighted by Gasteiger charge is 2.27. The largest absolute Gasteiger partial charge is 0.383 e. The van der Waals surface area contributed by atoms with E-state index in [4.69, 9.17) is 4.74 Å². The number of pyridine rings is 1. The van der Waals surface area contributed by atoms with Crippen molar-refractivity contribution in [2.24, 2.45) is 0 Å². The first-order chi connectivity index (χ1) is 11.2. The molecule has 0 aliphatic carbocycles. The molecule has 0 amide bonds. The van der Waals surface area contributed by atoms with E-state index in [0.717, 1.165) is 49.5 Å². The van der Waals surface area contributed by atoms with Gasteiger partial charge in [0.05, 0.1) is 6.61 Å². The first-order valence-corrected chi connectivity index (χ1v) is 9.05. The van der Waals surface area contributed by atoms with Crippen LogP contribution in [0.2, 0.25) is 0 Å². The summed E-state index contributed by atoms with van der Waals surface area (Å²) in [4.78, 5) is 9.67. The number of hydrogen-bond acceptors (Lipinski definition) is 4. The van der Waals surface area contributed by atoms with Crippen molar-refractivity contribution in [3.63, 3.8) is 0 Å². The molecule has 3 rings (SSSR count). The Labute approximate surface area is 146 Å². The van der Waals surface area contributed by atoms with Gasteiger partial charge in [0.2, 0.25) is 0 Å². The fourth-order valence-corrected chi connectivity index (χ4v) is 3.88. The molecule has 5 heteroatoms. The maximum Gasteiger partial charge on any atom is 0.136 e. The number of nitrogens with zero attached hydrogens (tertiary/aromatic N) is 3. The summed E-state index contributed by atoms with van der Waals surface area (Å²) in [6, 6.07) is 8.98. The van der Waals surface area contributed by atoms with Gasteiger partial charge in [0.1, 0.15) is 5.82 Å². The van der Waals surface area contributed by atoms with Crippen LogP contribution < -0.4 is 4.90 Å². The van der Waals surface area contributed by atoms with Crippen molar-refractivity contribution < 1.29 is 4.74 Å². The third-order valence-corrected chi connectivity index (χ3v) is 5.38. The Morgan fingerprint density at radius 3 is 2.91 bits per heavy atom. The van der Waals surface area contributed by atoms with Crippen LogP contribution in [0, 0.1) is 0 Å². The van der Waals surface area contributed by atoms with Gasteiger partial charge in [-0.3, -0.25) is 4.90 Å². The van der Waals surface area contributed by atoms with E-state index in [9.17, 15) is 0 Å². The number of piperazine rings is 1. The van der Waals surface area contributed by atoms with Gasteiger partial charge >= 0.3 is 0 Å². The molecule has 0 bridgehead atoms. The second-order valence-electron chi connectivity index (χ2n) is 6.01. The molecule has 23 heavy (non-hydrogen) atoms. The van der Waals surface area contributed by atoms with Gasteiger partial charge in [-0.05, 0) is 18.6 Å². The first-order valence-electron chi connectivity index (χ1n) is 8.25. The summed E-state index contributed by atoms with van der Waals surface area (Å²) in [5.74, 6) is 1.11. The second-order valence-corrected chi connectivity index (χ2v) is 6.86. The van der Waals surface area contributed by atoms with E-state index in [1.54, 1.807) is 7.11 Å². The Morgan fingerprint density at radius 1 is 1.26 bits per heavy atom. The number of hydrogen-bond donors (Lipinski definition) is 0. The molecule has 1 aromatic carbocycles. The standard InChI is InChI=1S/C18H24BrN3O/c1-3-14-13-22(10-9-21(14)11-12-23-2)18-16-5-4-6-17(19)15(16)7-8-20-18/h4-8,14H,3,9-13H2,1-2H3/t14-/m1/s1. The van der Waals surface area contributed by atoms with Crippen molar-refractivity contribution >= 4 is 32.5 Å². The average molecular weight is 378 g/mol. The van der Waals surface area contributed by atoms with E-state index in [-0.39, 0.29) is 0 Å². The van der Waals surface area contributed by atoms with E-state index < -0.39 is 0 Å². The number of anilines is 1. The maximum atomic E-state index is 5.25. The molecule has 2 heterocycles. The minimum atomic E-state index is 0.558. The Hall–Kier alpha value is -1.17. The Balaban J connectivity index is 1.85. The molecule has 0 saturated carbocycles. The molecule has 1 aliphatic rings. The molecule has 1 aromatic heterocycles. The zero-order valence-electron chi connectivity index (χ0n) is 13.8. The zero-order chi connectivity index (χ0) is 16.2. The van der Waals surface area contributed by atoms with Crippen molar-refractivity contribution in [1.82, 2.24) is 9.88 Å². The molecule has 1 aliphatic heterocycles. The second kappa shape index (κ2) is 7.60. The molecule has 0 radical (unpaired) electrons. The van der Waals surface area contributed by atoms with Gasteiger partial charge in [0.25, 0.3) is 0 Å². The van der Waals surface area contributed by atoms with Crippen LogP contribution in [0.1, 0.15) is 13.3 Å². The predicted molar refractivity (Wildman–Crippen MR) is 99.2 cm³/mol. The lowest BCUT2D eigenvalue weighted by Gasteiger charge is -2.42. The fraction of sp³-hybridized carbons (Fsp3) is 0.500. The lowest BCUT2D eigenvalue weighted by atomic mass is 10.1. The molecular weight excluding hydrogens is 354 g/mol. The topological polar surface area (TPSA) is 28.6 Å². The fourth-order valence-electron chi connectivity index (χ4n) is 3.38. The molecule has 0 spiro atoms. The summed E-state index contributed by atoms with van der Waals surface area (Å²) in [5, 5.41) is 2.45. The Kier molecular flexibility index (Phi) is 5.51. The number of rotatable bonds is 5. The summed E-state index contributed by atoms with van der Waals surface area (Å²) in [6.45, 7) is 7.18. The predicted octanol–water partition coefficient (Wildman–Crippen LogP) is 3.54. The number of aromatic nitrogens is 1. The Morgan fingerprint density at radius 2 is 2.13 bits per heavy atom. The number of benzene rings is 1. The van der Waals surface area contributed by atoms with E-state index in [1.807, 2.05) is 6.20 Å². The molecule has 1 fully saturated rings. The van der Waals surface area contributed by atoms with Gasteiger partial charge in [-0.25, -0.2) is 4.98 Å². The number of ether oxygens (including phenoxy) is 1. The summed E-state index contributed by atoms with van der Waals surface area (Å²) in [6.07, 6.45) is 3.06. The molecular formula is C18H24BrN3O. The van der Waals surface area contributed by atoms with Gasteiger partial charge in [-0.15, -0.1) is 0 Å². The monoisotopic (exact) mass is 377 g/mol. The summed E-state index contributed by atoms with van der Waals surface area (Å²) < 4.78 is 6.38. The smallest absolute Gasteiger partial charge is 0.136 e. The van der Waals surface area contributed by atoms with Crippen molar-refractivity contribution in [3.05, 3.63) is 34.9 Å². The lowest BCUT2D eigenvalue weighted by molar-refractivity contribution is 0.109. The highest BCUT2D eigenvalue weighted by Crippen LogP contribution is 2.31. The zero-order valence-corrected chi connectivity index (χ0v) is 15.4. The number of methoxy groups -OCH3 is 1. The molecule has 1 atom stereocenters. The maximum absolute atomic E-state index is 5.25. The van der Waals surface area contributed by atoms with Crippen molar-refractivity contribution in [3.8, 4) is 0 Å². The van der Waals surface area contributed by atoms with E-state index >= 15 is 0 Å². The third-order valence-electron chi connectivity index (χ3n) is 4.69. The highest BCUT2D eigenvalue weighted by molar-refractivity contribution is 9.10. The molecule has 4 nitrogen and oxygen atoms in total. The molecule has 0 unspecified atom stereocenters. The van der Waals surface area contributed by atoms with E-state index in [2.05, 4.69) is 61.9 Å². The summed E-state index contributed by atoms with van der Waals surface area (Å²) in [7, 11) is 1.77. The van der Waals surface area contributed by atoms with Crippen LogP contribution in [-0.4, -0.2) is 55.8 Å². The third kappa shape index (κ3) is 3.52. The summed E-state index contributed by atoms with van der Waals surface area (Å²) in [5.41, 5.74) is 0. The van der Waals surface area contributed by atoms with Crippen LogP contribution in [0.3, 0.4) is 0 Å². The molecule has 1 saturated heterocycles. The van der Waals surface area contributed by atoms with E-state index in [1.165, 1.54) is 10.8 Å². The van der Waals surface area contributed by atoms with Crippen molar-refractivity contribution in [1.29, 1.82) is 0 Å². The normalized spacial score (nSPS) is 19.4. The average Bonchev–Trinajstić information content (AvgIpc) is 2.60. The van der Waals surface area contributed by atoms with Crippen LogP contribution >= 0.6 is 15.9 Å². The van der Waals surface area contributed by atoms with Gasteiger partial charge in [0.15, 0.2) is 0 Å². The van der Waals surface area contributed by atoms with Crippen molar-refractivity contribution in [2.75, 3.05) is 44.8 Å². The highest BCUT2D eigenvalue weighted by atomic mass is 79.9. The van der Waals surface area contributed by atoms with Crippen LogP contribution in [-0.2, 0) is 4.74 Å².